The molecule has 2 unspecified atom stereocenters. The molecule has 0 aliphatic rings. The second-order valence-electron chi connectivity index (χ2n) is 3.42. The van der Waals surface area contributed by atoms with Crippen LogP contribution in [0.5, 0.6) is 0 Å². The summed E-state index contributed by atoms with van der Waals surface area (Å²) < 4.78 is 9.98. The molecular weight excluding hydrogens is 487 g/mol. The van der Waals surface area contributed by atoms with Crippen LogP contribution in [-0.4, -0.2) is 54.2 Å². The predicted octanol–water partition coefficient (Wildman–Crippen LogP) is 0.227. The Morgan fingerprint density at radius 2 is 1.50 bits per heavy atom. The quantitative estimate of drug-likeness (QED) is 0.233. The number of carboxylic acid groups (broad SMARTS) is 2. The van der Waals surface area contributed by atoms with Crippen molar-refractivity contribution in [3.8, 4) is 0 Å². The van der Waals surface area contributed by atoms with Crippen LogP contribution >= 0.6 is 52.1 Å². The Morgan fingerprint density at radius 3 is 1.67 bits per heavy atom. The summed E-state index contributed by atoms with van der Waals surface area (Å²) >= 11 is 17.4. The van der Waals surface area contributed by atoms with Crippen molar-refractivity contribution >= 4 is 85.5 Å². The molecule has 0 aromatic heterocycles. The van der Waals surface area contributed by atoms with Crippen molar-refractivity contribution in [2.24, 2.45) is 0 Å². The summed E-state index contributed by atoms with van der Waals surface area (Å²) in [4.78, 5) is 19.5. The van der Waals surface area contributed by atoms with Gasteiger partial charge in [-0.25, -0.2) is 0 Å². The van der Waals surface area contributed by atoms with Gasteiger partial charge in [0.25, 0.3) is 0 Å². The van der Waals surface area contributed by atoms with Gasteiger partial charge in [-0.1, -0.05) is 27.7 Å². The van der Waals surface area contributed by atoms with E-state index in [1.807, 2.05) is 6.92 Å². The first-order valence-electron chi connectivity index (χ1n) is 6.26. The van der Waals surface area contributed by atoms with Gasteiger partial charge in [-0.3, -0.25) is 9.59 Å². The van der Waals surface area contributed by atoms with E-state index in [1.54, 1.807) is 20.8 Å². The first kappa shape index (κ1) is 33.0. The van der Waals surface area contributed by atoms with Gasteiger partial charge in [-0.05, 0) is 39.9 Å². The maximum Gasteiger partial charge on any atom is 1.00 e. The Bertz CT molecular complexity index is 385. The van der Waals surface area contributed by atoms with E-state index in [-0.39, 0.29) is 55.8 Å². The first-order valence-corrected chi connectivity index (χ1v) is 9.28. The van der Waals surface area contributed by atoms with Crippen molar-refractivity contribution in [1.29, 1.82) is 0 Å². The molecule has 0 saturated carbocycles. The van der Waals surface area contributed by atoms with Gasteiger partial charge in [0.2, 0.25) is 4.38 Å². The van der Waals surface area contributed by atoms with E-state index in [4.69, 9.17) is 27.2 Å². The minimum atomic E-state index is -0.878. The molecule has 0 aliphatic heterocycles. The number of halogens is 1. The van der Waals surface area contributed by atoms with Crippen molar-refractivity contribution in [1.82, 2.24) is 0 Å². The Labute approximate surface area is 214 Å². The Morgan fingerprint density at radius 1 is 1.12 bits per heavy atom. The largest absolute Gasteiger partial charge is 1.00 e. The number of carbonyl (C=O) groups is 2. The van der Waals surface area contributed by atoms with Gasteiger partial charge in [0.1, 0.15) is 10.1 Å². The number of carboxylic acids is 2. The second kappa shape index (κ2) is 22.4. The molecule has 0 saturated heterocycles. The van der Waals surface area contributed by atoms with Crippen LogP contribution in [-0.2, 0) is 31.7 Å². The standard InChI is InChI=1S/C6H10O3S2.C3H5BrO2.C3H6OS2.K/c1-3-9-6(10)11-4(2)5(7)8;1-2(4)3(5)6;1-2-4-3(5)6;/h4H,3H2,1-2H3,(H,7,8);2H,1H3,(H,5,6);2H2,1H3,(H,5,6);/q;;;+1/p-1. The molecule has 6 nitrogen and oxygen atoms in total. The molecule has 0 aromatic carbocycles. The Balaban J connectivity index is -0.000000132. The number of hydrogen-bond acceptors (Lipinski definition) is 8. The van der Waals surface area contributed by atoms with Crippen LogP contribution in [0, 0.1) is 0 Å². The van der Waals surface area contributed by atoms with E-state index in [0.29, 0.717) is 17.6 Å². The van der Waals surface area contributed by atoms with Gasteiger partial charge in [-0.2, -0.15) is 0 Å². The zero-order valence-corrected chi connectivity index (χ0v) is 22.1. The third kappa shape index (κ3) is 31.2. The van der Waals surface area contributed by atoms with Crippen molar-refractivity contribution in [2.45, 2.75) is 37.8 Å². The van der Waals surface area contributed by atoms with Crippen LogP contribution in [0.3, 0.4) is 0 Å². The number of ether oxygens (including phenoxy) is 2. The van der Waals surface area contributed by atoms with Crippen molar-refractivity contribution < 1.29 is 80.7 Å². The van der Waals surface area contributed by atoms with Gasteiger partial charge in [-0.15, -0.1) is 0 Å². The molecule has 0 aliphatic carbocycles. The monoisotopic (exact) mass is 506 g/mol. The third-order valence-electron chi connectivity index (χ3n) is 1.49. The van der Waals surface area contributed by atoms with E-state index < -0.39 is 22.0 Å². The second-order valence-corrected chi connectivity index (χ2v) is 7.73. The maximum atomic E-state index is 10.3. The number of aliphatic carboxylic acids is 2. The summed E-state index contributed by atoms with van der Waals surface area (Å²) in [6, 6.07) is 0. The van der Waals surface area contributed by atoms with E-state index in [9.17, 15) is 9.59 Å². The number of thiocarbonyl (C=S) groups is 2. The van der Waals surface area contributed by atoms with E-state index in [2.05, 4.69) is 45.5 Å². The molecule has 0 fully saturated rings. The average Bonchev–Trinajstić information content (AvgIpc) is 2.39. The molecule has 0 aromatic rings. The third-order valence-corrected chi connectivity index (χ3v) is 3.38. The van der Waals surface area contributed by atoms with E-state index >= 15 is 0 Å². The smallest absolute Gasteiger partial charge is 0.514 e. The van der Waals surface area contributed by atoms with Crippen LogP contribution in [0.1, 0.15) is 27.7 Å². The Hall–Kier alpha value is 1.41. The molecule has 12 heteroatoms. The zero-order chi connectivity index (χ0) is 19.0. The van der Waals surface area contributed by atoms with Crippen LogP contribution in [0.25, 0.3) is 0 Å². The van der Waals surface area contributed by atoms with Crippen LogP contribution < -0.4 is 51.4 Å². The van der Waals surface area contributed by atoms with Crippen LogP contribution in [0.2, 0.25) is 0 Å². The summed E-state index contributed by atoms with van der Waals surface area (Å²) in [7, 11) is 0. The van der Waals surface area contributed by atoms with Crippen molar-refractivity contribution in [2.75, 3.05) is 13.2 Å². The predicted molar refractivity (Wildman–Crippen MR) is 107 cm³/mol. The summed E-state index contributed by atoms with van der Waals surface area (Å²) in [6.07, 6.45) is 0. The molecule has 0 spiro atoms. The number of rotatable bonds is 5. The van der Waals surface area contributed by atoms with Crippen LogP contribution in [0.15, 0.2) is 0 Å². The molecule has 136 valence electrons. The molecule has 2 atom stereocenters. The van der Waals surface area contributed by atoms with Gasteiger partial charge in [0, 0.05) is 4.38 Å². The number of hydrogen-bond donors (Lipinski definition) is 2. The Kier molecular flexibility index (Phi) is 30.9. The average molecular weight is 508 g/mol. The number of thioether (sulfide) groups is 1. The van der Waals surface area contributed by atoms with Crippen molar-refractivity contribution in [3.63, 3.8) is 0 Å². The summed E-state index contributed by atoms with van der Waals surface area (Å²) in [5, 5.41) is 15.9. The molecular formula is C12H20BrKO6S4. The molecule has 2 N–H and O–H groups in total. The minimum absolute atomic E-state index is 0. The van der Waals surface area contributed by atoms with Gasteiger partial charge >= 0.3 is 63.3 Å². The number of alkyl halides is 1. The van der Waals surface area contributed by atoms with Crippen LogP contribution in [0.4, 0.5) is 0 Å². The molecule has 24 heavy (non-hydrogen) atoms. The normalized spacial score (nSPS) is 10.9. The molecule has 0 bridgehead atoms. The zero-order valence-electron chi connectivity index (χ0n) is 14.1. The molecule has 0 heterocycles. The van der Waals surface area contributed by atoms with Gasteiger partial charge < -0.3 is 44.5 Å². The minimum Gasteiger partial charge on any atom is -0.514 e. The first-order chi connectivity index (χ1) is 10.5. The summed E-state index contributed by atoms with van der Waals surface area (Å²) in [6.45, 7) is 7.85. The molecule has 0 radical (unpaired) electrons. The molecule has 0 rings (SSSR count). The van der Waals surface area contributed by atoms with Gasteiger partial charge in [0.15, 0.2) is 0 Å². The SMILES string of the molecule is CC(Br)C(=O)O.CCOC(=S)SC(C)C(=O)O.CCOC(=S)[S-].[K+]. The fraction of sp³-hybridized carbons (Fsp3) is 0.667. The van der Waals surface area contributed by atoms with E-state index in [1.165, 1.54) is 0 Å². The topological polar surface area (TPSA) is 93.1 Å². The fourth-order valence-electron chi connectivity index (χ4n) is 0.464. The van der Waals surface area contributed by atoms with E-state index in [0.717, 1.165) is 11.8 Å². The fourth-order valence-corrected chi connectivity index (χ4v) is 1.83. The van der Waals surface area contributed by atoms with Gasteiger partial charge in [0.05, 0.1) is 13.2 Å². The molecule has 0 amide bonds. The maximum absolute atomic E-state index is 10.3. The summed E-state index contributed by atoms with van der Waals surface area (Å²) in [5.41, 5.74) is 0. The van der Waals surface area contributed by atoms with Crippen molar-refractivity contribution in [3.05, 3.63) is 0 Å². The summed E-state index contributed by atoms with van der Waals surface area (Å²) in [5.74, 6) is -1.70.